The van der Waals surface area contributed by atoms with Crippen LogP contribution in [0.5, 0.6) is 0 Å². The van der Waals surface area contributed by atoms with Crippen molar-refractivity contribution < 1.29 is 18.0 Å². The minimum atomic E-state index is -3.31. The van der Waals surface area contributed by atoms with E-state index in [1.54, 1.807) is 30.3 Å². The fourth-order valence-electron chi connectivity index (χ4n) is 3.35. The summed E-state index contributed by atoms with van der Waals surface area (Å²) in [6, 6.07) is 12.0. The number of hydrogen-bond acceptors (Lipinski definition) is 4. The van der Waals surface area contributed by atoms with Gasteiger partial charge in [0.1, 0.15) is 0 Å². The van der Waals surface area contributed by atoms with Crippen LogP contribution in [0.4, 0.5) is 17.1 Å². The average molecular weight is 413 g/mol. The van der Waals surface area contributed by atoms with E-state index >= 15 is 0 Å². The summed E-state index contributed by atoms with van der Waals surface area (Å²) in [5.74, 6) is -0.107. The summed E-state index contributed by atoms with van der Waals surface area (Å²) >= 11 is 0. The number of benzene rings is 2. The Morgan fingerprint density at radius 2 is 1.86 bits per heavy atom. The second kappa shape index (κ2) is 7.51. The first kappa shape index (κ1) is 19.4. The Kier molecular flexibility index (Phi) is 5.04. The van der Waals surface area contributed by atoms with Crippen LogP contribution in [0.25, 0.3) is 0 Å². The molecule has 8 heteroatoms. The van der Waals surface area contributed by atoms with E-state index in [1.165, 1.54) is 4.31 Å². The topological polar surface area (TPSA) is 95.6 Å². The van der Waals surface area contributed by atoms with Gasteiger partial charge in [-0.15, -0.1) is 0 Å². The molecule has 2 aromatic rings. The van der Waals surface area contributed by atoms with Gasteiger partial charge in [-0.25, -0.2) is 8.42 Å². The first-order valence-corrected chi connectivity index (χ1v) is 11.3. The molecule has 2 fully saturated rings. The number of anilines is 3. The number of amides is 2. The molecule has 1 heterocycles. The Labute approximate surface area is 170 Å². The summed E-state index contributed by atoms with van der Waals surface area (Å²) in [4.78, 5) is 24.8. The predicted octanol–water partition coefficient (Wildman–Crippen LogP) is 3.14. The fraction of sp³-hybridized carbons (Fsp3) is 0.333. The summed E-state index contributed by atoms with van der Waals surface area (Å²) in [5, 5.41) is 5.74. The van der Waals surface area contributed by atoms with E-state index in [0.717, 1.165) is 18.4 Å². The third-order valence-corrected chi connectivity index (χ3v) is 7.07. The van der Waals surface area contributed by atoms with Gasteiger partial charge in [0.25, 0.3) is 5.91 Å². The van der Waals surface area contributed by atoms with Gasteiger partial charge in [0.05, 0.1) is 11.4 Å². The summed E-state index contributed by atoms with van der Waals surface area (Å²) in [6.07, 6.45) is 2.42. The average Bonchev–Trinajstić information content (AvgIpc) is 3.47. The van der Waals surface area contributed by atoms with Crippen LogP contribution in [-0.2, 0) is 14.8 Å². The molecule has 1 saturated carbocycles. The van der Waals surface area contributed by atoms with Gasteiger partial charge in [-0.3, -0.25) is 13.9 Å². The predicted molar refractivity (Wildman–Crippen MR) is 113 cm³/mol. The maximum absolute atomic E-state index is 12.8. The normalized spacial score (nSPS) is 17.8. The molecule has 2 aliphatic rings. The van der Waals surface area contributed by atoms with Crippen molar-refractivity contribution in [2.45, 2.75) is 26.2 Å². The van der Waals surface area contributed by atoms with Gasteiger partial charge < -0.3 is 10.6 Å². The Hall–Kier alpha value is -2.87. The first-order valence-electron chi connectivity index (χ1n) is 9.67. The minimum absolute atomic E-state index is 0.00523. The molecule has 1 aliphatic heterocycles. The highest BCUT2D eigenvalue weighted by molar-refractivity contribution is 7.93. The highest BCUT2D eigenvalue weighted by Crippen LogP contribution is 2.31. The van der Waals surface area contributed by atoms with Crippen molar-refractivity contribution in [2.24, 2.45) is 5.92 Å². The zero-order chi connectivity index (χ0) is 20.6. The molecule has 7 nitrogen and oxygen atoms in total. The van der Waals surface area contributed by atoms with Crippen LogP contribution in [0, 0.1) is 12.8 Å². The third kappa shape index (κ3) is 4.27. The molecule has 1 aliphatic carbocycles. The summed E-state index contributed by atoms with van der Waals surface area (Å²) in [6.45, 7) is 2.30. The zero-order valence-corrected chi connectivity index (χ0v) is 17.0. The number of carbonyl (C=O) groups is 2. The molecule has 1 saturated heterocycles. The van der Waals surface area contributed by atoms with Crippen LogP contribution in [-0.4, -0.2) is 32.5 Å². The number of nitrogens with one attached hydrogen (secondary N) is 2. The number of aryl methyl sites for hydroxylation is 1. The Bertz CT molecular complexity index is 1080. The number of rotatable bonds is 5. The smallest absolute Gasteiger partial charge is 0.255 e. The lowest BCUT2D eigenvalue weighted by Gasteiger charge is -2.18. The van der Waals surface area contributed by atoms with Crippen LogP contribution in [0.3, 0.4) is 0 Å². The molecule has 2 aromatic carbocycles. The second-order valence-corrected chi connectivity index (χ2v) is 9.55. The maximum atomic E-state index is 12.8. The third-order valence-electron chi connectivity index (χ3n) is 5.20. The van der Waals surface area contributed by atoms with Crippen molar-refractivity contribution in [1.82, 2.24) is 0 Å². The van der Waals surface area contributed by atoms with E-state index in [4.69, 9.17) is 0 Å². The van der Waals surface area contributed by atoms with E-state index in [0.29, 0.717) is 35.6 Å². The van der Waals surface area contributed by atoms with Gasteiger partial charge in [-0.1, -0.05) is 12.1 Å². The SMILES string of the molecule is Cc1ccc(NC(=O)C2CC2)cc1NC(=O)c1cccc(N2CCCS2(=O)=O)c1. The summed E-state index contributed by atoms with van der Waals surface area (Å²) in [5.41, 5.74) is 2.97. The number of carbonyl (C=O) groups excluding carboxylic acids is 2. The standard InChI is InChI=1S/C21H23N3O4S/c1-14-6-9-17(22-20(25)15-7-8-15)13-19(14)23-21(26)16-4-2-5-18(12-16)24-10-3-11-29(24,27)28/h2,4-6,9,12-13,15H,3,7-8,10-11H2,1H3,(H,22,25)(H,23,26). The number of nitrogens with zero attached hydrogens (tertiary/aromatic N) is 1. The monoisotopic (exact) mass is 413 g/mol. The lowest BCUT2D eigenvalue weighted by molar-refractivity contribution is -0.117. The van der Waals surface area contributed by atoms with Crippen molar-refractivity contribution in [3.63, 3.8) is 0 Å². The summed E-state index contributed by atoms with van der Waals surface area (Å²) in [7, 11) is -3.31. The lowest BCUT2D eigenvalue weighted by atomic mass is 10.1. The van der Waals surface area contributed by atoms with E-state index < -0.39 is 10.0 Å². The fourth-order valence-corrected chi connectivity index (χ4v) is 4.91. The molecular weight excluding hydrogens is 390 g/mol. The Morgan fingerprint density at radius 3 is 2.55 bits per heavy atom. The number of sulfonamides is 1. The van der Waals surface area contributed by atoms with Crippen molar-refractivity contribution >= 4 is 38.9 Å². The molecule has 2 N–H and O–H groups in total. The highest BCUT2D eigenvalue weighted by Gasteiger charge is 2.30. The van der Waals surface area contributed by atoms with E-state index in [9.17, 15) is 18.0 Å². The largest absolute Gasteiger partial charge is 0.326 e. The van der Waals surface area contributed by atoms with E-state index in [-0.39, 0.29) is 23.5 Å². The van der Waals surface area contributed by atoms with Gasteiger partial charge in [0.2, 0.25) is 15.9 Å². The van der Waals surface area contributed by atoms with Crippen LogP contribution < -0.4 is 14.9 Å². The Balaban J connectivity index is 1.52. The second-order valence-electron chi connectivity index (χ2n) is 7.54. The molecule has 29 heavy (non-hydrogen) atoms. The first-order chi connectivity index (χ1) is 13.8. The van der Waals surface area contributed by atoms with Gasteiger partial charge in [-0.2, -0.15) is 0 Å². The zero-order valence-electron chi connectivity index (χ0n) is 16.1. The molecule has 0 aromatic heterocycles. The lowest BCUT2D eigenvalue weighted by Crippen LogP contribution is -2.25. The van der Waals surface area contributed by atoms with Crippen molar-refractivity contribution in [3.8, 4) is 0 Å². The van der Waals surface area contributed by atoms with Crippen LogP contribution in [0.2, 0.25) is 0 Å². The van der Waals surface area contributed by atoms with Gasteiger partial charge in [0.15, 0.2) is 0 Å². The van der Waals surface area contributed by atoms with Crippen LogP contribution in [0.15, 0.2) is 42.5 Å². The van der Waals surface area contributed by atoms with Gasteiger partial charge in [0, 0.05) is 29.4 Å². The molecular formula is C21H23N3O4S. The van der Waals surface area contributed by atoms with Crippen LogP contribution in [0.1, 0.15) is 35.2 Å². The quantitative estimate of drug-likeness (QED) is 0.787. The van der Waals surface area contributed by atoms with Crippen molar-refractivity contribution in [3.05, 3.63) is 53.6 Å². The van der Waals surface area contributed by atoms with Gasteiger partial charge >= 0.3 is 0 Å². The van der Waals surface area contributed by atoms with Gasteiger partial charge in [-0.05, 0) is 62.1 Å². The molecule has 0 spiro atoms. The van der Waals surface area contributed by atoms with E-state index in [2.05, 4.69) is 10.6 Å². The van der Waals surface area contributed by atoms with Crippen LogP contribution >= 0.6 is 0 Å². The highest BCUT2D eigenvalue weighted by atomic mass is 32.2. The molecule has 4 rings (SSSR count). The maximum Gasteiger partial charge on any atom is 0.255 e. The molecule has 2 amide bonds. The van der Waals surface area contributed by atoms with Crippen molar-refractivity contribution in [1.29, 1.82) is 0 Å². The molecule has 0 radical (unpaired) electrons. The molecule has 152 valence electrons. The number of hydrogen-bond donors (Lipinski definition) is 2. The Morgan fingerprint density at radius 1 is 1.07 bits per heavy atom. The summed E-state index contributed by atoms with van der Waals surface area (Å²) < 4.78 is 25.6. The molecule has 0 bridgehead atoms. The van der Waals surface area contributed by atoms with E-state index in [1.807, 2.05) is 19.1 Å². The van der Waals surface area contributed by atoms with Crippen molar-refractivity contribution in [2.75, 3.05) is 27.2 Å². The minimum Gasteiger partial charge on any atom is -0.326 e. The molecule has 0 unspecified atom stereocenters. The molecule has 0 atom stereocenters.